The number of hydrogen-bond acceptors (Lipinski definition) is 4. The minimum atomic E-state index is -0.396. The molecule has 0 unspecified atom stereocenters. The molecule has 1 heterocycles. The Bertz CT molecular complexity index is 665. The lowest BCUT2D eigenvalue weighted by Gasteiger charge is -2.05. The average Bonchev–Trinajstić information content (AvgIpc) is 2.47. The highest BCUT2D eigenvalue weighted by Gasteiger charge is 2.08. The first-order valence-corrected chi connectivity index (χ1v) is 6.01. The molecule has 2 aromatic rings. The summed E-state index contributed by atoms with van der Waals surface area (Å²) in [6.45, 7) is 0.145. The van der Waals surface area contributed by atoms with E-state index in [0.717, 1.165) is 0 Å². The zero-order valence-electron chi connectivity index (χ0n) is 10.9. The highest BCUT2D eigenvalue weighted by Crippen LogP contribution is 2.07. The molecule has 0 spiro atoms. The molecule has 5 nitrogen and oxygen atoms in total. The van der Waals surface area contributed by atoms with Crippen molar-refractivity contribution in [3.8, 4) is 5.88 Å². The summed E-state index contributed by atoms with van der Waals surface area (Å²) in [4.78, 5) is 23.5. The van der Waals surface area contributed by atoms with E-state index in [0.29, 0.717) is 11.4 Å². The van der Waals surface area contributed by atoms with E-state index < -0.39 is 5.82 Å². The monoisotopic (exact) mass is 276 g/mol. The average molecular weight is 276 g/mol. The van der Waals surface area contributed by atoms with Crippen molar-refractivity contribution in [3.05, 3.63) is 58.1 Å². The van der Waals surface area contributed by atoms with Gasteiger partial charge in [-0.15, -0.1) is 5.10 Å². The maximum atomic E-state index is 12.8. The van der Waals surface area contributed by atoms with E-state index in [-0.39, 0.29) is 24.3 Å². The molecule has 104 valence electrons. The van der Waals surface area contributed by atoms with E-state index in [9.17, 15) is 14.0 Å². The Balaban J connectivity index is 2.07. The van der Waals surface area contributed by atoms with Crippen LogP contribution < -0.4 is 10.3 Å². The van der Waals surface area contributed by atoms with Crippen molar-refractivity contribution in [1.82, 2.24) is 9.78 Å². The fraction of sp³-hybridized carbons (Fsp3) is 0.214. The summed E-state index contributed by atoms with van der Waals surface area (Å²) in [5.74, 6) is -0.271. The highest BCUT2D eigenvalue weighted by atomic mass is 19.1. The van der Waals surface area contributed by atoms with Gasteiger partial charge in [-0.25, -0.2) is 9.07 Å². The van der Waals surface area contributed by atoms with Crippen molar-refractivity contribution in [1.29, 1.82) is 0 Å². The number of carbonyl (C=O) groups is 1. The molecule has 1 aromatic carbocycles. The first kappa shape index (κ1) is 13.9. The number of benzene rings is 1. The third kappa shape index (κ3) is 3.28. The number of aromatic nitrogens is 2. The lowest BCUT2D eigenvalue weighted by Crippen LogP contribution is -2.23. The van der Waals surface area contributed by atoms with Crippen LogP contribution in [0.3, 0.4) is 0 Å². The fourth-order valence-corrected chi connectivity index (χ4v) is 1.69. The minimum Gasteiger partial charge on any atom is -0.480 e. The summed E-state index contributed by atoms with van der Waals surface area (Å²) in [6, 6.07) is 8.07. The number of aryl methyl sites for hydroxylation is 1. The molecule has 20 heavy (non-hydrogen) atoms. The highest BCUT2D eigenvalue weighted by molar-refractivity contribution is 5.95. The van der Waals surface area contributed by atoms with Crippen LogP contribution in [-0.2, 0) is 6.54 Å². The number of Topliss-reactive ketones (excluding diaryl/α,β-unsaturated/α-hetero) is 1. The normalized spacial score (nSPS) is 10.3. The third-order valence-corrected chi connectivity index (χ3v) is 2.77. The Labute approximate surface area is 114 Å². The number of rotatable bonds is 5. The van der Waals surface area contributed by atoms with E-state index in [1.807, 2.05) is 0 Å². The van der Waals surface area contributed by atoms with Crippen LogP contribution in [-0.4, -0.2) is 22.7 Å². The molecular weight excluding hydrogens is 263 g/mol. The molecule has 0 aliphatic rings. The summed E-state index contributed by atoms with van der Waals surface area (Å²) in [6.07, 6.45) is 0.103. The molecule has 0 saturated heterocycles. The van der Waals surface area contributed by atoms with Gasteiger partial charge in [0.2, 0.25) is 5.88 Å². The van der Waals surface area contributed by atoms with E-state index in [2.05, 4.69) is 5.10 Å². The SMILES string of the molecule is COc1ccc(=O)n(CCC(=O)c2ccc(F)cc2)n1. The van der Waals surface area contributed by atoms with Crippen LogP contribution in [0.1, 0.15) is 16.8 Å². The predicted octanol–water partition coefficient (Wildman–Crippen LogP) is 1.66. The second-order valence-corrected chi connectivity index (χ2v) is 4.12. The minimum absolute atomic E-state index is 0.103. The van der Waals surface area contributed by atoms with Crippen LogP contribution in [0, 0.1) is 5.82 Å². The topological polar surface area (TPSA) is 61.2 Å². The number of nitrogens with zero attached hydrogens (tertiary/aromatic N) is 2. The summed E-state index contributed by atoms with van der Waals surface area (Å²) in [5, 5.41) is 3.94. The molecule has 0 atom stereocenters. The molecule has 0 saturated carbocycles. The van der Waals surface area contributed by atoms with Crippen molar-refractivity contribution >= 4 is 5.78 Å². The van der Waals surface area contributed by atoms with Gasteiger partial charge in [0.15, 0.2) is 5.78 Å². The van der Waals surface area contributed by atoms with Crippen LogP contribution in [0.15, 0.2) is 41.2 Å². The first-order valence-electron chi connectivity index (χ1n) is 6.01. The van der Waals surface area contributed by atoms with E-state index in [4.69, 9.17) is 4.74 Å². The van der Waals surface area contributed by atoms with Crippen molar-refractivity contribution in [2.45, 2.75) is 13.0 Å². The molecule has 2 rings (SSSR count). The maximum absolute atomic E-state index is 12.8. The van der Waals surface area contributed by atoms with Crippen LogP contribution in [0.25, 0.3) is 0 Å². The smallest absolute Gasteiger partial charge is 0.266 e. The summed E-state index contributed by atoms with van der Waals surface area (Å²) >= 11 is 0. The van der Waals surface area contributed by atoms with E-state index in [1.165, 1.54) is 48.2 Å². The zero-order valence-corrected chi connectivity index (χ0v) is 10.9. The number of ether oxygens (including phenoxy) is 1. The summed E-state index contributed by atoms with van der Waals surface area (Å²) in [5.41, 5.74) is 0.0973. The Kier molecular flexibility index (Phi) is 4.24. The van der Waals surface area contributed by atoms with Crippen LogP contribution in [0.2, 0.25) is 0 Å². The maximum Gasteiger partial charge on any atom is 0.266 e. The predicted molar refractivity (Wildman–Crippen MR) is 70.4 cm³/mol. The third-order valence-electron chi connectivity index (χ3n) is 2.77. The molecule has 0 aliphatic heterocycles. The van der Waals surface area contributed by atoms with Crippen molar-refractivity contribution < 1.29 is 13.9 Å². The summed E-state index contributed by atoms with van der Waals surface area (Å²) in [7, 11) is 1.45. The molecule has 0 N–H and O–H groups in total. The lowest BCUT2D eigenvalue weighted by molar-refractivity contribution is 0.0974. The number of hydrogen-bond donors (Lipinski definition) is 0. The van der Waals surface area contributed by atoms with Gasteiger partial charge in [-0.3, -0.25) is 9.59 Å². The first-order chi connectivity index (χ1) is 9.60. The van der Waals surface area contributed by atoms with Crippen LogP contribution in [0.4, 0.5) is 4.39 Å². The molecule has 0 aliphatic carbocycles. The molecule has 1 aromatic heterocycles. The van der Waals surface area contributed by atoms with Gasteiger partial charge in [-0.2, -0.15) is 0 Å². The molecule has 6 heteroatoms. The van der Waals surface area contributed by atoms with E-state index in [1.54, 1.807) is 0 Å². The van der Waals surface area contributed by atoms with Gasteiger partial charge in [0.05, 0.1) is 13.7 Å². The van der Waals surface area contributed by atoms with Gasteiger partial charge in [0.1, 0.15) is 5.82 Å². The second-order valence-electron chi connectivity index (χ2n) is 4.12. The quantitative estimate of drug-likeness (QED) is 0.779. The van der Waals surface area contributed by atoms with Crippen LogP contribution in [0.5, 0.6) is 5.88 Å². The Morgan fingerprint density at radius 1 is 1.25 bits per heavy atom. The lowest BCUT2D eigenvalue weighted by atomic mass is 10.1. The number of ketones is 1. The Morgan fingerprint density at radius 3 is 2.60 bits per heavy atom. The second kappa shape index (κ2) is 6.10. The number of carbonyl (C=O) groups excluding carboxylic acids is 1. The van der Waals surface area contributed by atoms with Gasteiger partial charge in [0.25, 0.3) is 5.56 Å². The Hall–Kier alpha value is -2.50. The molecule has 0 fully saturated rings. The molecule has 0 bridgehead atoms. The van der Waals surface area contributed by atoms with Crippen molar-refractivity contribution in [2.24, 2.45) is 0 Å². The number of halogens is 1. The van der Waals surface area contributed by atoms with E-state index >= 15 is 0 Å². The van der Waals surface area contributed by atoms with Gasteiger partial charge in [-0.05, 0) is 24.3 Å². The van der Waals surface area contributed by atoms with Gasteiger partial charge in [-0.1, -0.05) is 0 Å². The summed E-state index contributed by atoms with van der Waals surface area (Å²) < 4.78 is 18.8. The van der Waals surface area contributed by atoms with Gasteiger partial charge in [0, 0.05) is 24.1 Å². The molecule has 0 amide bonds. The standard InChI is InChI=1S/C14H13FN2O3/c1-20-13-6-7-14(19)17(16-13)9-8-12(18)10-2-4-11(15)5-3-10/h2-7H,8-9H2,1H3. The van der Waals surface area contributed by atoms with Gasteiger partial charge >= 0.3 is 0 Å². The molecular formula is C14H13FN2O3. The van der Waals surface area contributed by atoms with Crippen molar-refractivity contribution in [2.75, 3.05) is 7.11 Å². The molecule has 0 radical (unpaired) electrons. The Morgan fingerprint density at radius 2 is 1.95 bits per heavy atom. The van der Waals surface area contributed by atoms with Crippen LogP contribution >= 0.6 is 0 Å². The fourth-order valence-electron chi connectivity index (χ4n) is 1.69. The number of methoxy groups -OCH3 is 1. The zero-order chi connectivity index (χ0) is 14.5. The largest absolute Gasteiger partial charge is 0.480 e. The van der Waals surface area contributed by atoms with Gasteiger partial charge < -0.3 is 4.74 Å². The van der Waals surface area contributed by atoms with Crippen molar-refractivity contribution in [3.63, 3.8) is 0 Å².